The second kappa shape index (κ2) is 18.7. The minimum Gasteiger partial charge on any atom is -0.480 e. The zero-order chi connectivity index (χ0) is 31.9. The van der Waals surface area contributed by atoms with Gasteiger partial charge in [0.25, 0.3) is 0 Å². The monoisotopic (exact) mass is 656 g/mol. The maximum atomic E-state index is 13.7. The summed E-state index contributed by atoms with van der Waals surface area (Å²) in [7, 11) is 0. The molecule has 1 aromatic rings. The molecule has 0 saturated carbocycles. The van der Waals surface area contributed by atoms with E-state index < -0.39 is 72.3 Å². The van der Waals surface area contributed by atoms with Crippen molar-refractivity contribution in [3.8, 4) is 0 Å². The highest BCUT2D eigenvalue weighted by molar-refractivity contribution is 7.98. The highest BCUT2D eigenvalue weighted by Crippen LogP contribution is 2.20. The van der Waals surface area contributed by atoms with Crippen molar-refractivity contribution in [2.45, 2.75) is 55.9 Å². The molecule has 1 aromatic carbocycles. The molecule has 1 saturated heterocycles. The topological polar surface area (TPSA) is 200 Å². The Kier molecular flexibility index (Phi) is 15.7. The van der Waals surface area contributed by atoms with Crippen molar-refractivity contribution in [3.05, 3.63) is 35.9 Å². The van der Waals surface area contributed by atoms with E-state index in [9.17, 15) is 33.9 Å². The number of benzene rings is 1. The van der Waals surface area contributed by atoms with Crippen molar-refractivity contribution < 1.29 is 33.9 Å². The number of nitrogens with one attached hydrogen (secondary N) is 4. The van der Waals surface area contributed by atoms with Crippen LogP contribution in [0.2, 0.25) is 0 Å². The number of nitrogens with two attached hydrogens (primary N) is 1. The number of nitrogens with zero attached hydrogens (tertiary/aromatic N) is 1. The number of thiol groups is 2. The van der Waals surface area contributed by atoms with Crippen LogP contribution in [0.15, 0.2) is 30.3 Å². The molecular formula is C27H40N6O7S3. The van der Waals surface area contributed by atoms with Gasteiger partial charge in [0.2, 0.25) is 29.5 Å². The fraction of sp³-hybridized carbons (Fsp3) is 0.556. The first-order valence-electron chi connectivity index (χ1n) is 13.7. The highest BCUT2D eigenvalue weighted by atomic mass is 32.2. The summed E-state index contributed by atoms with van der Waals surface area (Å²) >= 11 is 9.41. The lowest BCUT2D eigenvalue weighted by Crippen LogP contribution is -2.58. The number of carboxylic acid groups (broad SMARTS) is 1. The van der Waals surface area contributed by atoms with Gasteiger partial charge in [-0.1, -0.05) is 30.3 Å². The van der Waals surface area contributed by atoms with Crippen LogP contribution in [-0.4, -0.2) is 112 Å². The van der Waals surface area contributed by atoms with Crippen LogP contribution in [0.4, 0.5) is 0 Å². The molecule has 2 rings (SSSR count). The van der Waals surface area contributed by atoms with E-state index >= 15 is 0 Å². The first kappa shape index (κ1) is 36.2. The van der Waals surface area contributed by atoms with E-state index in [0.717, 1.165) is 5.56 Å². The molecular weight excluding hydrogens is 617 g/mol. The van der Waals surface area contributed by atoms with Crippen molar-refractivity contribution in [2.75, 3.05) is 36.6 Å². The van der Waals surface area contributed by atoms with Gasteiger partial charge in [-0.3, -0.25) is 24.0 Å². The first-order valence-corrected chi connectivity index (χ1v) is 16.4. The van der Waals surface area contributed by atoms with E-state index in [4.69, 9.17) is 5.73 Å². The predicted molar refractivity (Wildman–Crippen MR) is 170 cm³/mol. The molecule has 0 radical (unpaired) electrons. The Morgan fingerprint density at radius 1 is 1.00 bits per heavy atom. The van der Waals surface area contributed by atoms with Gasteiger partial charge in [-0.15, -0.1) is 0 Å². The quantitative estimate of drug-likeness (QED) is 0.0951. The average Bonchev–Trinajstić information content (AvgIpc) is 3.50. The van der Waals surface area contributed by atoms with E-state index in [0.29, 0.717) is 18.6 Å². The maximum absolute atomic E-state index is 13.7. The van der Waals surface area contributed by atoms with E-state index in [1.807, 2.05) is 12.3 Å². The zero-order valence-electron chi connectivity index (χ0n) is 23.9. The Hall–Kier alpha value is -2.95. The van der Waals surface area contributed by atoms with Crippen molar-refractivity contribution in [1.29, 1.82) is 0 Å². The molecule has 13 nitrogen and oxygen atoms in total. The molecule has 5 atom stereocenters. The number of amides is 5. The minimum absolute atomic E-state index is 0.0901. The summed E-state index contributed by atoms with van der Waals surface area (Å²) in [4.78, 5) is 77.6. The van der Waals surface area contributed by atoms with Crippen LogP contribution in [-0.2, 0) is 35.2 Å². The second-order valence-corrected chi connectivity index (χ2v) is 11.6. The van der Waals surface area contributed by atoms with E-state index in [-0.39, 0.29) is 30.9 Å². The number of hydrogen-bond donors (Lipinski definition) is 8. The number of rotatable bonds is 17. The molecule has 0 spiro atoms. The zero-order valence-corrected chi connectivity index (χ0v) is 26.5. The molecule has 7 N–H and O–H groups in total. The predicted octanol–water partition coefficient (Wildman–Crippen LogP) is -1.18. The Labute approximate surface area is 266 Å². The molecule has 0 bridgehead atoms. The minimum atomic E-state index is -1.24. The summed E-state index contributed by atoms with van der Waals surface area (Å²) in [5, 5.41) is 19.5. The highest BCUT2D eigenvalue weighted by Gasteiger charge is 2.39. The van der Waals surface area contributed by atoms with Crippen LogP contribution in [0, 0.1) is 0 Å². The van der Waals surface area contributed by atoms with Crippen LogP contribution in [0.25, 0.3) is 0 Å². The summed E-state index contributed by atoms with van der Waals surface area (Å²) in [5.74, 6) is -3.62. The van der Waals surface area contributed by atoms with Crippen LogP contribution < -0.4 is 27.0 Å². The Bertz CT molecular complexity index is 1130. The number of aliphatic carboxylic acids is 1. The normalized spacial score (nSPS) is 17.2. The summed E-state index contributed by atoms with van der Waals surface area (Å²) < 4.78 is 0. The molecule has 5 amide bonds. The molecule has 0 aliphatic carbocycles. The number of carboxylic acids is 1. The van der Waals surface area contributed by atoms with Gasteiger partial charge in [-0.2, -0.15) is 37.0 Å². The Morgan fingerprint density at radius 3 is 2.30 bits per heavy atom. The van der Waals surface area contributed by atoms with Crippen molar-refractivity contribution >= 4 is 72.5 Å². The number of hydrogen-bond acceptors (Lipinski definition) is 10. The lowest BCUT2D eigenvalue weighted by Gasteiger charge is -2.30. The van der Waals surface area contributed by atoms with Gasteiger partial charge >= 0.3 is 5.97 Å². The van der Waals surface area contributed by atoms with Crippen LogP contribution >= 0.6 is 37.0 Å². The van der Waals surface area contributed by atoms with Crippen molar-refractivity contribution in [2.24, 2.45) is 5.73 Å². The number of carbonyl (C=O) groups excluding carboxylic acids is 5. The molecule has 0 unspecified atom stereocenters. The summed E-state index contributed by atoms with van der Waals surface area (Å²) in [6, 6.07) is 3.89. The third-order valence-corrected chi connectivity index (χ3v) is 8.15. The third-order valence-electron chi connectivity index (χ3n) is 6.75. The fourth-order valence-electron chi connectivity index (χ4n) is 4.41. The number of carbonyl (C=O) groups is 6. The van der Waals surface area contributed by atoms with Gasteiger partial charge in [0.05, 0.1) is 12.6 Å². The number of thioether (sulfide) groups is 1. The third kappa shape index (κ3) is 11.6. The molecule has 0 aromatic heterocycles. The van der Waals surface area contributed by atoms with E-state index in [1.165, 1.54) is 16.7 Å². The van der Waals surface area contributed by atoms with Crippen LogP contribution in [0.3, 0.4) is 0 Å². The first-order chi connectivity index (χ1) is 20.5. The van der Waals surface area contributed by atoms with Gasteiger partial charge in [-0.05, 0) is 36.8 Å². The standard InChI is InChI=1S/C27H40N6O7S3/c1-43-11-9-18(26(38)33-10-5-8-21(33)25(37)32-20(15-42)27(39)40)31-24(36)19(12-16-6-3-2-4-7-16)30-22(34)13-29-23(35)17(28)14-41/h2-4,6-7,17-21,41-42H,5,8-15,28H2,1H3,(H,29,35)(H,30,34)(H,31,36)(H,32,37)(H,39,40)/t17-,18-,19-,20-,21-/m0/s1. The van der Waals surface area contributed by atoms with Crippen LogP contribution in [0.1, 0.15) is 24.8 Å². The van der Waals surface area contributed by atoms with Crippen molar-refractivity contribution in [1.82, 2.24) is 26.2 Å². The van der Waals surface area contributed by atoms with Gasteiger partial charge < -0.3 is 37.0 Å². The lowest BCUT2D eigenvalue weighted by atomic mass is 10.0. The SMILES string of the molecule is CSCC[C@H](NC(=O)[C@H](Cc1ccccc1)NC(=O)CNC(=O)[C@@H](N)CS)C(=O)N1CCC[C@H]1C(=O)N[C@@H](CS)C(=O)O. The molecule has 1 fully saturated rings. The molecule has 1 heterocycles. The van der Waals surface area contributed by atoms with Gasteiger partial charge in [-0.25, -0.2) is 4.79 Å². The molecule has 1 aliphatic rings. The van der Waals surface area contributed by atoms with Gasteiger partial charge in [0.1, 0.15) is 24.2 Å². The second-order valence-electron chi connectivity index (χ2n) is 9.93. The largest absolute Gasteiger partial charge is 0.480 e. The molecule has 238 valence electrons. The smallest absolute Gasteiger partial charge is 0.327 e. The maximum Gasteiger partial charge on any atom is 0.327 e. The average molecular weight is 657 g/mol. The summed E-state index contributed by atoms with van der Waals surface area (Å²) in [5.41, 5.74) is 6.38. The lowest BCUT2D eigenvalue weighted by molar-refractivity contribution is -0.144. The van der Waals surface area contributed by atoms with Crippen LogP contribution in [0.5, 0.6) is 0 Å². The van der Waals surface area contributed by atoms with E-state index in [1.54, 1.807) is 24.3 Å². The summed E-state index contributed by atoms with van der Waals surface area (Å²) in [6.07, 6.45) is 3.09. The van der Waals surface area contributed by atoms with Gasteiger partial charge in [0.15, 0.2) is 0 Å². The van der Waals surface area contributed by atoms with Crippen molar-refractivity contribution in [3.63, 3.8) is 0 Å². The Morgan fingerprint density at radius 2 is 1.70 bits per heavy atom. The summed E-state index contributed by atoms with van der Waals surface area (Å²) in [6.45, 7) is -0.151. The molecule has 16 heteroatoms. The Balaban J connectivity index is 2.20. The number of likely N-dealkylation sites (tertiary alicyclic amines) is 1. The van der Waals surface area contributed by atoms with Gasteiger partial charge in [0, 0.05) is 24.5 Å². The molecule has 1 aliphatic heterocycles. The molecule has 43 heavy (non-hydrogen) atoms. The van der Waals surface area contributed by atoms with E-state index in [2.05, 4.69) is 46.5 Å². The fourth-order valence-corrected chi connectivity index (χ4v) is 5.29.